The van der Waals surface area contributed by atoms with E-state index in [1.807, 2.05) is 115 Å². The molecule has 0 fully saturated rings. The first-order valence-corrected chi connectivity index (χ1v) is 16.4. The van der Waals surface area contributed by atoms with Crippen molar-refractivity contribution in [2.45, 2.75) is 57.2 Å². The number of carbonyl (C=O) groups is 4. The van der Waals surface area contributed by atoms with E-state index in [2.05, 4.69) is 16.0 Å². The first-order chi connectivity index (χ1) is 23.3. The van der Waals surface area contributed by atoms with Crippen LogP contribution in [-0.2, 0) is 38.4 Å². The van der Waals surface area contributed by atoms with Gasteiger partial charge in [-0.25, -0.2) is 0 Å². The summed E-state index contributed by atoms with van der Waals surface area (Å²) in [6.07, 6.45) is 1.39. The highest BCUT2D eigenvalue weighted by Gasteiger charge is 2.29. The lowest BCUT2D eigenvalue weighted by atomic mass is 9.98. The molecule has 0 aliphatic heterocycles. The van der Waals surface area contributed by atoms with Gasteiger partial charge in [-0.05, 0) is 64.5 Å². The third-order valence-electron chi connectivity index (χ3n) is 8.49. The third kappa shape index (κ3) is 9.36. The molecule has 5 aromatic carbocycles. The van der Waals surface area contributed by atoms with Crippen LogP contribution in [0.2, 0.25) is 0 Å². The standard InChI is InChI=1S/C40H42N4O4/c1-27(45)35(24-28-10-3-2-4-11-28)43-40(48)37(26-30-18-20-32-13-6-8-15-34(32)23-30)44-39(47)36(42-38(46)16-9-21-41)25-29-17-19-31-12-5-7-14-33(31)22-29/h2-8,10-15,17-20,22-23,35-37H,9,16,21,24-26,41H2,1H3,(H,42,46)(H,43,48)(H,44,47). The molecular formula is C40H42N4O4. The normalized spacial score (nSPS) is 13.0. The van der Waals surface area contributed by atoms with E-state index in [-0.39, 0.29) is 31.0 Å². The minimum absolute atomic E-state index is 0.179. The molecule has 5 N–H and O–H groups in total. The molecule has 0 saturated carbocycles. The second kappa shape index (κ2) is 16.5. The van der Waals surface area contributed by atoms with Crippen molar-refractivity contribution in [3.8, 4) is 0 Å². The Bertz CT molecular complexity index is 1890. The molecule has 48 heavy (non-hydrogen) atoms. The van der Waals surface area contributed by atoms with Gasteiger partial charge in [0.15, 0.2) is 5.78 Å². The maximum atomic E-state index is 14.1. The molecule has 0 aliphatic carbocycles. The first-order valence-electron chi connectivity index (χ1n) is 16.4. The molecular weight excluding hydrogens is 600 g/mol. The van der Waals surface area contributed by atoms with Gasteiger partial charge < -0.3 is 21.7 Å². The summed E-state index contributed by atoms with van der Waals surface area (Å²) >= 11 is 0. The number of hydrogen-bond donors (Lipinski definition) is 4. The minimum Gasteiger partial charge on any atom is -0.344 e. The number of amides is 3. The van der Waals surface area contributed by atoms with E-state index >= 15 is 0 Å². The summed E-state index contributed by atoms with van der Waals surface area (Å²) in [6.45, 7) is 1.80. The zero-order valence-electron chi connectivity index (χ0n) is 27.2. The molecule has 0 aromatic heterocycles. The fraction of sp³-hybridized carbons (Fsp3) is 0.250. The average molecular weight is 643 g/mol. The number of fused-ring (bicyclic) bond motifs is 2. The minimum atomic E-state index is -1.02. The lowest BCUT2D eigenvalue weighted by Crippen LogP contribution is -2.57. The molecule has 8 heteroatoms. The van der Waals surface area contributed by atoms with Gasteiger partial charge >= 0.3 is 0 Å². The first kappa shape index (κ1) is 34.0. The summed E-state index contributed by atoms with van der Waals surface area (Å²) in [5.41, 5.74) is 8.25. The summed E-state index contributed by atoms with van der Waals surface area (Å²) < 4.78 is 0. The Kier molecular flexibility index (Phi) is 11.7. The van der Waals surface area contributed by atoms with Gasteiger partial charge in [0, 0.05) is 19.3 Å². The van der Waals surface area contributed by atoms with Gasteiger partial charge in [-0.2, -0.15) is 0 Å². The van der Waals surface area contributed by atoms with Crippen LogP contribution in [0.3, 0.4) is 0 Å². The number of hydrogen-bond acceptors (Lipinski definition) is 5. The lowest BCUT2D eigenvalue weighted by molar-refractivity contribution is -0.133. The van der Waals surface area contributed by atoms with Crippen molar-refractivity contribution in [3.63, 3.8) is 0 Å². The Morgan fingerprint density at radius 1 is 0.542 bits per heavy atom. The quantitative estimate of drug-likeness (QED) is 0.130. The predicted octanol–water partition coefficient (Wildman–Crippen LogP) is 4.80. The van der Waals surface area contributed by atoms with Crippen LogP contribution >= 0.6 is 0 Å². The summed E-state index contributed by atoms with van der Waals surface area (Å²) in [4.78, 5) is 53.6. The smallest absolute Gasteiger partial charge is 0.243 e. The van der Waals surface area contributed by atoms with Crippen molar-refractivity contribution in [1.82, 2.24) is 16.0 Å². The summed E-state index contributed by atoms with van der Waals surface area (Å²) in [5.74, 6) is -1.46. The Morgan fingerprint density at radius 2 is 1.00 bits per heavy atom. The lowest BCUT2D eigenvalue weighted by Gasteiger charge is -2.25. The number of rotatable bonds is 15. The van der Waals surface area contributed by atoms with E-state index in [4.69, 9.17) is 5.73 Å². The SMILES string of the molecule is CC(=O)C(Cc1ccccc1)NC(=O)C(Cc1ccc2ccccc2c1)NC(=O)C(Cc1ccc2ccccc2c1)NC(=O)CCCN. The van der Waals surface area contributed by atoms with E-state index in [9.17, 15) is 19.2 Å². The molecule has 0 spiro atoms. The zero-order valence-corrected chi connectivity index (χ0v) is 27.2. The molecule has 8 nitrogen and oxygen atoms in total. The topological polar surface area (TPSA) is 130 Å². The highest BCUT2D eigenvalue weighted by molar-refractivity contribution is 5.95. The van der Waals surface area contributed by atoms with Crippen molar-refractivity contribution in [1.29, 1.82) is 0 Å². The summed E-state index contributed by atoms with van der Waals surface area (Å²) in [6, 6.07) is 34.4. The highest BCUT2D eigenvalue weighted by atomic mass is 16.2. The number of benzene rings is 5. The van der Waals surface area contributed by atoms with E-state index in [0.717, 1.165) is 38.2 Å². The van der Waals surface area contributed by atoms with Crippen molar-refractivity contribution >= 4 is 45.0 Å². The highest BCUT2D eigenvalue weighted by Crippen LogP contribution is 2.19. The average Bonchev–Trinajstić information content (AvgIpc) is 3.10. The van der Waals surface area contributed by atoms with Crippen LogP contribution in [0.5, 0.6) is 0 Å². The number of Topliss-reactive ketones (excluding diaryl/α,β-unsaturated/α-hetero) is 1. The molecule has 0 saturated heterocycles. The fourth-order valence-electron chi connectivity index (χ4n) is 5.84. The van der Waals surface area contributed by atoms with Gasteiger partial charge in [0.2, 0.25) is 17.7 Å². The number of nitrogens with two attached hydrogens (primary N) is 1. The van der Waals surface area contributed by atoms with Crippen molar-refractivity contribution in [2.75, 3.05) is 6.54 Å². The van der Waals surface area contributed by atoms with Crippen LogP contribution in [0.1, 0.15) is 36.5 Å². The Balaban J connectivity index is 1.41. The molecule has 3 unspecified atom stereocenters. The van der Waals surface area contributed by atoms with Crippen LogP contribution in [0.4, 0.5) is 0 Å². The summed E-state index contributed by atoms with van der Waals surface area (Å²) in [7, 11) is 0. The van der Waals surface area contributed by atoms with Gasteiger partial charge in [0.25, 0.3) is 0 Å². The fourth-order valence-corrected chi connectivity index (χ4v) is 5.84. The van der Waals surface area contributed by atoms with Crippen LogP contribution in [0, 0.1) is 0 Å². The largest absolute Gasteiger partial charge is 0.344 e. The summed E-state index contributed by atoms with van der Waals surface area (Å²) in [5, 5.41) is 12.9. The van der Waals surface area contributed by atoms with Crippen molar-refractivity contribution in [2.24, 2.45) is 5.73 Å². The van der Waals surface area contributed by atoms with Crippen LogP contribution in [0.15, 0.2) is 115 Å². The third-order valence-corrected chi connectivity index (χ3v) is 8.49. The van der Waals surface area contributed by atoms with E-state index in [1.54, 1.807) is 0 Å². The molecule has 5 rings (SSSR count). The van der Waals surface area contributed by atoms with Gasteiger partial charge in [0.1, 0.15) is 12.1 Å². The Hall–Kier alpha value is -5.34. The van der Waals surface area contributed by atoms with Crippen LogP contribution in [-0.4, -0.2) is 48.2 Å². The van der Waals surface area contributed by atoms with E-state index in [1.165, 1.54) is 6.92 Å². The van der Waals surface area contributed by atoms with Crippen molar-refractivity contribution < 1.29 is 19.2 Å². The van der Waals surface area contributed by atoms with E-state index in [0.29, 0.717) is 19.4 Å². The molecule has 0 radical (unpaired) electrons. The molecule has 0 bridgehead atoms. The Morgan fingerprint density at radius 3 is 1.52 bits per heavy atom. The second-order valence-corrected chi connectivity index (χ2v) is 12.2. The molecule has 5 aromatic rings. The molecule has 3 amide bonds. The van der Waals surface area contributed by atoms with Gasteiger partial charge in [-0.3, -0.25) is 19.2 Å². The number of ketones is 1. The molecule has 3 atom stereocenters. The number of nitrogens with one attached hydrogen (secondary N) is 3. The number of carbonyl (C=O) groups excluding carboxylic acids is 4. The van der Waals surface area contributed by atoms with Gasteiger partial charge in [-0.15, -0.1) is 0 Å². The zero-order chi connectivity index (χ0) is 33.9. The molecule has 0 aliphatic rings. The monoisotopic (exact) mass is 642 g/mol. The van der Waals surface area contributed by atoms with Gasteiger partial charge in [-0.1, -0.05) is 115 Å². The maximum Gasteiger partial charge on any atom is 0.243 e. The predicted molar refractivity (Wildman–Crippen MR) is 190 cm³/mol. The van der Waals surface area contributed by atoms with Crippen molar-refractivity contribution in [3.05, 3.63) is 132 Å². The maximum absolute atomic E-state index is 14.1. The van der Waals surface area contributed by atoms with Crippen LogP contribution < -0.4 is 21.7 Å². The van der Waals surface area contributed by atoms with Gasteiger partial charge in [0.05, 0.1) is 6.04 Å². The van der Waals surface area contributed by atoms with Crippen LogP contribution in [0.25, 0.3) is 21.5 Å². The molecule has 0 heterocycles. The van der Waals surface area contributed by atoms with E-state index < -0.39 is 29.9 Å². The molecule has 246 valence electrons. The Labute approximate surface area is 281 Å². The second-order valence-electron chi connectivity index (χ2n) is 12.2.